The second kappa shape index (κ2) is 11.3. The number of hydrogen-bond acceptors (Lipinski definition) is 3. The first-order chi connectivity index (χ1) is 10.7. The zero-order valence-electron chi connectivity index (χ0n) is 14.7. The van der Waals surface area contributed by atoms with Gasteiger partial charge in [-0.05, 0) is 38.1 Å². The van der Waals surface area contributed by atoms with E-state index in [1.165, 1.54) is 32.1 Å². The Morgan fingerprint density at radius 3 is 2.43 bits per heavy atom. The minimum Gasteiger partial charge on any atom is -0.378 e. The maximum Gasteiger partial charge on any atom is 0.225 e. The highest BCUT2D eigenvalue weighted by Gasteiger charge is 2.28. The predicted molar refractivity (Wildman–Crippen MR) is 96.8 cm³/mol. The molecule has 2 fully saturated rings. The lowest BCUT2D eigenvalue weighted by atomic mass is 9.83. The number of ether oxygens (including phenoxy) is 1. The first-order valence-corrected chi connectivity index (χ1v) is 9.31. The summed E-state index contributed by atoms with van der Waals surface area (Å²) >= 11 is 0. The molecule has 23 heavy (non-hydrogen) atoms. The fourth-order valence-electron chi connectivity index (χ4n) is 3.91. The van der Waals surface area contributed by atoms with Crippen molar-refractivity contribution in [3.63, 3.8) is 0 Å². The highest BCUT2D eigenvalue weighted by Crippen LogP contribution is 2.30. The Bertz CT molecular complexity index is 327. The van der Waals surface area contributed by atoms with Gasteiger partial charge < -0.3 is 15.4 Å². The van der Waals surface area contributed by atoms with Gasteiger partial charge in [-0.1, -0.05) is 39.0 Å². The molecule has 4 nitrogen and oxygen atoms in total. The van der Waals surface area contributed by atoms with Crippen molar-refractivity contribution in [1.82, 2.24) is 4.90 Å². The van der Waals surface area contributed by atoms with E-state index >= 15 is 0 Å². The number of piperidine rings is 1. The maximum absolute atomic E-state index is 12.6. The van der Waals surface area contributed by atoms with Crippen molar-refractivity contribution in [2.24, 2.45) is 17.6 Å². The van der Waals surface area contributed by atoms with Crippen molar-refractivity contribution in [2.45, 2.75) is 70.8 Å². The van der Waals surface area contributed by atoms with Crippen LogP contribution in [0.1, 0.15) is 64.7 Å². The number of carbonyl (C=O) groups excluding carboxylic acids is 1. The van der Waals surface area contributed by atoms with Crippen molar-refractivity contribution >= 4 is 18.3 Å². The van der Waals surface area contributed by atoms with Gasteiger partial charge in [0.1, 0.15) is 0 Å². The summed E-state index contributed by atoms with van der Waals surface area (Å²) in [6.07, 6.45) is 11.1. The summed E-state index contributed by atoms with van der Waals surface area (Å²) in [4.78, 5) is 14.7. The lowest BCUT2D eigenvalue weighted by Gasteiger charge is -2.34. The molecular formula is C18H35ClN2O2. The third-order valence-electron chi connectivity index (χ3n) is 5.29. The van der Waals surface area contributed by atoms with Gasteiger partial charge in [-0.3, -0.25) is 4.79 Å². The second-order valence-corrected chi connectivity index (χ2v) is 7.18. The van der Waals surface area contributed by atoms with Gasteiger partial charge in [0.05, 0.1) is 6.10 Å². The molecule has 1 amide bonds. The Kier molecular flexibility index (Phi) is 10.2. The standard InChI is InChI=1S/C18H34N2O2.ClH/c1-15(14-16-6-3-2-4-7-16)18(21)20-11-8-17(9-12-20)22-13-5-10-19;/h15-17H,2-14,19H2,1H3;1H. The molecule has 1 saturated carbocycles. The molecular weight excluding hydrogens is 312 g/mol. The molecule has 1 unspecified atom stereocenters. The van der Waals surface area contributed by atoms with Crippen LogP contribution in [0.2, 0.25) is 0 Å². The number of carbonyl (C=O) groups is 1. The molecule has 1 saturated heterocycles. The van der Waals surface area contributed by atoms with Gasteiger partial charge in [0.2, 0.25) is 5.91 Å². The summed E-state index contributed by atoms with van der Waals surface area (Å²) in [5.41, 5.74) is 5.48. The summed E-state index contributed by atoms with van der Waals surface area (Å²) in [6, 6.07) is 0. The van der Waals surface area contributed by atoms with Crippen LogP contribution in [-0.2, 0) is 9.53 Å². The van der Waals surface area contributed by atoms with E-state index in [0.29, 0.717) is 18.6 Å². The molecule has 0 aromatic heterocycles. The van der Waals surface area contributed by atoms with E-state index in [1.54, 1.807) is 0 Å². The lowest BCUT2D eigenvalue weighted by Crippen LogP contribution is -2.43. The van der Waals surface area contributed by atoms with Crippen molar-refractivity contribution < 1.29 is 9.53 Å². The molecule has 1 atom stereocenters. The van der Waals surface area contributed by atoms with Gasteiger partial charge in [0, 0.05) is 25.6 Å². The second-order valence-electron chi connectivity index (χ2n) is 7.18. The zero-order valence-corrected chi connectivity index (χ0v) is 15.5. The highest BCUT2D eigenvalue weighted by molar-refractivity contribution is 5.85. The van der Waals surface area contributed by atoms with Gasteiger partial charge in [-0.15, -0.1) is 12.4 Å². The van der Waals surface area contributed by atoms with Crippen LogP contribution in [0.5, 0.6) is 0 Å². The topological polar surface area (TPSA) is 55.6 Å². The molecule has 0 aromatic carbocycles. The number of amides is 1. The van der Waals surface area contributed by atoms with E-state index in [2.05, 4.69) is 11.8 Å². The molecule has 1 aliphatic carbocycles. The monoisotopic (exact) mass is 346 g/mol. The highest BCUT2D eigenvalue weighted by atomic mass is 35.5. The Morgan fingerprint density at radius 1 is 1.17 bits per heavy atom. The SMILES string of the molecule is CC(CC1CCCCC1)C(=O)N1CCC(OCCCN)CC1.Cl. The average Bonchev–Trinajstić information content (AvgIpc) is 2.56. The van der Waals surface area contributed by atoms with Crippen molar-refractivity contribution in [3.8, 4) is 0 Å². The summed E-state index contributed by atoms with van der Waals surface area (Å²) in [7, 11) is 0. The van der Waals surface area contributed by atoms with Gasteiger partial charge in [-0.2, -0.15) is 0 Å². The summed E-state index contributed by atoms with van der Waals surface area (Å²) in [5, 5.41) is 0. The molecule has 0 spiro atoms. The van der Waals surface area contributed by atoms with E-state index in [9.17, 15) is 4.79 Å². The average molecular weight is 347 g/mol. The number of nitrogens with two attached hydrogens (primary N) is 1. The van der Waals surface area contributed by atoms with Gasteiger partial charge in [-0.25, -0.2) is 0 Å². The molecule has 1 heterocycles. The molecule has 136 valence electrons. The van der Waals surface area contributed by atoms with Crippen LogP contribution in [0.15, 0.2) is 0 Å². The molecule has 1 aliphatic heterocycles. The minimum atomic E-state index is 0. The van der Waals surface area contributed by atoms with Crippen LogP contribution in [0.3, 0.4) is 0 Å². The largest absolute Gasteiger partial charge is 0.378 e. The van der Waals surface area contributed by atoms with Crippen LogP contribution in [-0.4, -0.2) is 43.2 Å². The smallest absolute Gasteiger partial charge is 0.225 e. The predicted octanol–water partition coefficient (Wildman–Crippen LogP) is 3.37. The fraction of sp³-hybridized carbons (Fsp3) is 0.944. The Hall–Kier alpha value is -0.320. The summed E-state index contributed by atoms with van der Waals surface area (Å²) in [6.45, 7) is 5.30. The lowest BCUT2D eigenvalue weighted by molar-refractivity contribution is -0.138. The molecule has 0 bridgehead atoms. The van der Waals surface area contributed by atoms with Gasteiger partial charge in [0.25, 0.3) is 0 Å². The first-order valence-electron chi connectivity index (χ1n) is 9.31. The molecule has 0 aromatic rings. The zero-order chi connectivity index (χ0) is 15.8. The normalized spacial score (nSPS) is 21.7. The van der Waals surface area contributed by atoms with E-state index in [1.807, 2.05) is 0 Å². The molecule has 2 aliphatic rings. The van der Waals surface area contributed by atoms with E-state index in [0.717, 1.165) is 51.3 Å². The summed E-state index contributed by atoms with van der Waals surface area (Å²) < 4.78 is 5.82. The van der Waals surface area contributed by atoms with Gasteiger partial charge >= 0.3 is 0 Å². The fourth-order valence-corrected chi connectivity index (χ4v) is 3.91. The van der Waals surface area contributed by atoms with Crippen LogP contribution >= 0.6 is 12.4 Å². The molecule has 2 rings (SSSR count). The van der Waals surface area contributed by atoms with Crippen molar-refractivity contribution in [2.75, 3.05) is 26.2 Å². The van der Waals surface area contributed by atoms with E-state index in [4.69, 9.17) is 10.5 Å². The van der Waals surface area contributed by atoms with Crippen molar-refractivity contribution in [3.05, 3.63) is 0 Å². The van der Waals surface area contributed by atoms with Crippen LogP contribution in [0, 0.1) is 11.8 Å². The Balaban J connectivity index is 0.00000264. The number of rotatable bonds is 7. The molecule has 2 N–H and O–H groups in total. The van der Waals surface area contributed by atoms with Crippen LogP contribution < -0.4 is 5.73 Å². The van der Waals surface area contributed by atoms with Crippen molar-refractivity contribution in [1.29, 1.82) is 0 Å². The molecule has 5 heteroatoms. The maximum atomic E-state index is 12.6. The van der Waals surface area contributed by atoms with Crippen LogP contribution in [0.25, 0.3) is 0 Å². The van der Waals surface area contributed by atoms with E-state index < -0.39 is 0 Å². The minimum absolute atomic E-state index is 0. The van der Waals surface area contributed by atoms with E-state index in [-0.39, 0.29) is 18.3 Å². The Morgan fingerprint density at radius 2 is 1.83 bits per heavy atom. The first kappa shape index (κ1) is 20.7. The Labute approximate surface area is 147 Å². The number of halogens is 1. The van der Waals surface area contributed by atoms with Crippen LogP contribution in [0.4, 0.5) is 0 Å². The third kappa shape index (κ3) is 6.98. The number of hydrogen-bond donors (Lipinski definition) is 1. The summed E-state index contributed by atoms with van der Waals surface area (Å²) in [5.74, 6) is 1.34. The molecule has 0 radical (unpaired) electrons. The third-order valence-corrected chi connectivity index (χ3v) is 5.29. The number of likely N-dealkylation sites (tertiary alicyclic amines) is 1. The number of nitrogens with zero attached hydrogens (tertiary/aromatic N) is 1. The quantitative estimate of drug-likeness (QED) is 0.719. The van der Waals surface area contributed by atoms with Gasteiger partial charge in [0.15, 0.2) is 0 Å².